The summed E-state index contributed by atoms with van der Waals surface area (Å²) < 4.78 is 0. The summed E-state index contributed by atoms with van der Waals surface area (Å²) >= 11 is 0. The number of hydrogen-bond acceptors (Lipinski definition) is 4. The molecule has 3 rings (SSSR count). The number of amides is 1. The van der Waals surface area contributed by atoms with Crippen LogP contribution in [0.2, 0.25) is 0 Å². The molecule has 0 aliphatic carbocycles. The van der Waals surface area contributed by atoms with Crippen molar-refractivity contribution in [3.63, 3.8) is 0 Å². The van der Waals surface area contributed by atoms with Crippen molar-refractivity contribution in [3.05, 3.63) is 29.8 Å². The molecule has 2 aliphatic heterocycles. The Morgan fingerprint density at radius 3 is 2.22 bits per heavy atom. The van der Waals surface area contributed by atoms with E-state index in [-0.39, 0.29) is 17.4 Å². The number of nitrogens with one attached hydrogen (secondary N) is 1. The van der Waals surface area contributed by atoms with E-state index in [1.54, 1.807) is 0 Å². The molecule has 2 aliphatic rings. The lowest BCUT2D eigenvalue weighted by atomic mass is 9.87. The minimum absolute atomic E-state index is 0.0567. The van der Waals surface area contributed by atoms with Gasteiger partial charge in [-0.1, -0.05) is 32.9 Å². The first-order valence-electron chi connectivity index (χ1n) is 10.4. The van der Waals surface area contributed by atoms with E-state index in [1.807, 2.05) is 4.90 Å². The highest BCUT2D eigenvalue weighted by atomic mass is 16.2. The molecule has 5 nitrogen and oxygen atoms in total. The topological polar surface area (TPSA) is 38.8 Å². The fraction of sp³-hybridized carbons (Fsp3) is 0.682. The van der Waals surface area contributed by atoms with Crippen LogP contribution in [0.3, 0.4) is 0 Å². The first-order chi connectivity index (χ1) is 12.8. The third-order valence-electron chi connectivity index (χ3n) is 5.93. The lowest BCUT2D eigenvalue weighted by Gasteiger charge is -2.41. The summed E-state index contributed by atoms with van der Waals surface area (Å²) in [7, 11) is 0. The number of carbonyl (C=O) groups is 1. The molecule has 0 aromatic heterocycles. The molecule has 0 saturated carbocycles. The molecule has 1 aromatic carbocycles. The summed E-state index contributed by atoms with van der Waals surface area (Å²) in [5.41, 5.74) is 2.80. The van der Waals surface area contributed by atoms with Gasteiger partial charge in [0.1, 0.15) is 0 Å². The summed E-state index contributed by atoms with van der Waals surface area (Å²) in [5.74, 6) is 0.267. The molecule has 1 amide bonds. The minimum Gasteiger partial charge on any atom is -0.368 e. The Balaban J connectivity index is 1.54. The molecule has 150 valence electrons. The Morgan fingerprint density at radius 2 is 1.67 bits per heavy atom. The lowest BCUT2D eigenvalue weighted by molar-refractivity contribution is -0.135. The van der Waals surface area contributed by atoms with E-state index in [1.165, 1.54) is 11.3 Å². The SMILES string of the molecule is CC(C)N1CCNC(C(=O)N2CCN(c3ccc(C(C)(C)C)cc3)CC2)C1. The molecule has 5 heteroatoms. The molecule has 1 aromatic rings. The summed E-state index contributed by atoms with van der Waals surface area (Å²) in [6.07, 6.45) is 0. The van der Waals surface area contributed by atoms with Crippen LogP contribution in [-0.2, 0) is 10.2 Å². The average Bonchev–Trinajstić information content (AvgIpc) is 2.67. The number of piperazine rings is 2. The van der Waals surface area contributed by atoms with Crippen molar-refractivity contribution in [2.45, 2.75) is 52.1 Å². The summed E-state index contributed by atoms with van der Waals surface area (Å²) in [6, 6.07) is 9.36. The van der Waals surface area contributed by atoms with E-state index < -0.39 is 0 Å². The Bertz CT molecular complexity index is 627. The molecule has 1 unspecified atom stereocenters. The zero-order chi connectivity index (χ0) is 19.6. The van der Waals surface area contributed by atoms with E-state index in [2.05, 4.69) is 74.0 Å². The van der Waals surface area contributed by atoms with Gasteiger partial charge in [-0.3, -0.25) is 9.69 Å². The maximum absolute atomic E-state index is 12.9. The van der Waals surface area contributed by atoms with Crippen LogP contribution in [0.4, 0.5) is 5.69 Å². The van der Waals surface area contributed by atoms with Gasteiger partial charge in [-0.25, -0.2) is 0 Å². The van der Waals surface area contributed by atoms with E-state index in [9.17, 15) is 4.79 Å². The van der Waals surface area contributed by atoms with Crippen LogP contribution in [-0.4, -0.2) is 73.6 Å². The van der Waals surface area contributed by atoms with Gasteiger partial charge in [-0.15, -0.1) is 0 Å². The molecule has 27 heavy (non-hydrogen) atoms. The van der Waals surface area contributed by atoms with Crippen molar-refractivity contribution in [1.82, 2.24) is 15.1 Å². The quantitative estimate of drug-likeness (QED) is 0.884. The molecule has 0 radical (unpaired) electrons. The summed E-state index contributed by atoms with van der Waals surface area (Å²) in [5, 5.41) is 3.42. The largest absolute Gasteiger partial charge is 0.368 e. The fourth-order valence-electron chi connectivity index (χ4n) is 3.98. The number of benzene rings is 1. The Kier molecular flexibility index (Phi) is 6.11. The Morgan fingerprint density at radius 1 is 1.04 bits per heavy atom. The second-order valence-corrected chi connectivity index (χ2v) is 9.20. The van der Waals surface area contributed by atoms with Gasteiger partial charge < -0.3 is 15.1 Å². The maximum Gasteiger partial charge on any atom is 0.241 e. The lowest BCUT2D eigenvalue weighted by Crippen LogP contribution is -2.61. The molecular weight excluding hydrogens is 336 g/mol. The molecule has 0 spiro atoms. The normalized spacial score (nSPS) is 22.4. The van der Waals surface area contributed by atoms with Crippen LogP contribution in [0.15, 0.2) is 24.3 Å². The number of anilines is 1. The highest BCUT2D eigenvalue weighted by Crippen LogP contribution is 2.25. The van der Waals surface area contributed by atoms with Gasteiger partial charge in [0.05, 0.1) is 6.04 Å². The van der Waals surface area contributed by atoms with Gasteiger partial charge in [0, 0.05) is 57.5 Å². The Labute approximate surface area is 164 Å². The number of rotatable bonds is 3. The Hall–Kier alpha value is -1.59. The first-order valence-corrected chi connectivity index (χ1v) is 10.4. The van der Waals surface area contributed by atoms with Gasteiger partial charge in [0.2, 0.25) is 5.91 Å². The van der Waals surface area contributed by atoms with E-state index in [0.717, 1.165) is 45.8 Å². The van der Waals surface area contributed by atoms with Crippen LogP contribution < -0.4 is 10.2 Å². The molecular formula is C22H36N4O. The van der Waals surface area contributed by atoms with Crippen molar-refractivity contribution in [2.75, 3.05) is 50.7 Å². The van der Waals surface area contributed by atoms with Gasteiger partial charge in [-0.2, -0.15) is 0 Å². The van der Waals surface area contributed by atoms with Crippen LogP contribution in [0.25, 0.3) is 0 Å². The number of nitrogens with zero attached hydrogens (tertiary/aromatic N) is 3. The molecule has 1 N–H and O–H groups in total. The molecule has 1 atom stereocenters. The number of hydrogen-bond donors (Lipinski definition) is 1. The van der Waals surface area contributed by atoms with Crippen LogP contribution >= 0.6 is 0 Å². The van der Waals surface area contributed by atoms with Crippen molar-refractivity contribution in [2.24, 2.45) is 0 Å². The van der Waals surface area contributed by atoms with Gasteiger partial charge in [-0.05, 0) is 37.0 Å². The van der Waals surface area contributed by atoms with Crippen molar-refractivity contribution in [1.29, 1.82) is 0 Å². The van der Waals surface area contributed by atoms with E-state index >= 15 is 0 Å². The molecule has 2 saturated heterocycles. The monoisotopic (exact) mass is 372 g/mol. The zero-order valence-corrected chi connectivity index (χ0v) is 17.7. The summed E-state index contributed by atoms with van der Waals surface area (Å²) in [6.45, 7) is 17.3. The average molecular weight is 373 g/mol. The maximum atomic E-state index is 12.9. The smallest absolute Gasteiger partial charge is 0.241 e. The van der Waals surface area contributed by atoms with Crippen molar-refractivity contribution < 1.29 is 4.79 Å². The second kappa shape index (κ2) is 8.19. The van der Waals surface area contributed by atoms with Crippen LogP contribution in [0.1, 0.15) is 40.2 Å². The van der Waals surface area contributed by atoms with Crippen molar-refractivity contribution in [3.8, 4) is 0 Å². The third-order valence-corrected chi connectivity index (χ3v) is 5.93. The number of carbonyl (C=O) groups excluding carboxylic acids is 1. The standard InChI is InChI=1S/C22H36N4O/c1-17(2)26-11-10-23-20(16-26)21(27)25-14-12-24(13-15-25)19-8-6-18(7-9-19)22(3,4)5/h6-9,17,20,23H,10-16H2,1-5H3. The second-order valence-electron chi connectivity index (χ2n) is 9.20. The third kappa shape index (κ3) is 4.82. The van der Waals surface area contributed by atoms with Gasteiger partial charge in [0.15, 0.2) is 0 Å². The van der Waals surface area contributed by atoms with Gasteiger partial charge >= 0.3 is 0 Å². The first kappa shape index (κ1) is 20.2. The molecule has 2 fully saturated rings. The minimum atomic E-state index is -0.0567. The predicted octanol–water partition coefficient (Wildman–Crippen LogP) is 2.31. The highest BCUT2D eigenvalue weighted by Gasteiger charge is 2.31. The predicted molar refractivity (Wildman–Crippen MR) is 112 cm³/mol. The fourth-order valence-corrected chi connectivity index (χ4v) is 3.98. The van der Waals surface area contributed by atoms with Crippen molar-refractivity contribution >= 4 is 11.6 Å². The van der Waals surface area contributed by atoms with Crippen LogP contribution in [0, 0.1) is 0 Å². The molecule has 0 bridgehead atoms. The van der Waals surface area contributed by atoms with E-state index in [0.29, 0.717) is 6.04 Å². The summed E-state index contributed by atoms with van der Waals surface area (Å²) in [4.78, 5) is 19.8. The zero-order valence-electron chi connectivity index (χ0n) is 17.7. The highest BCUT2D eigenvalue weighted by molar-refractivity contribution is 5.82. The molecule has 2 heterocycles. The van der Waals surface area contributed by atoms with Crippen LogP contribution in [0.5, 0.6) is 0 Å². The van der Waals surface area contributed by atoms with E-state index in [4.69, 9.17) is 0 Å². The van der Waals surface area contributed by atoms with Gasteiger partial charge in [0.25, 0.3) is 0 Å².